The fraction of sp³-hybridized carbons (Fsp3) is 0.333. The number of ether oxygens (including phenoxy) is 2. The minimum absolute atomic E-state index is 0.0477. The molecular formula is C18H21ClFNO2. The molecule has 0 saturated heterocycles. The molecule has 0 saturated carbocycles. The van der Waals surface area contributed by atoms with E-state index in [0.717, 1.165) is 6.42 Å². The van der Waals surface area contributed by atoms with Crippen LogP contribution in [0.25, 0.3) is 0 Å². The quantitative estimate of drug-likeness (QED) is 0.771. The van der Waals surface area contributed by atoms with E-state index in [1.165, 1.54) is 6.07 Å². The third-order valence-corrected chi connectivity index (χ3v) is 3.44. The van der Waals surface area contributed by atoms with Crippen molar-refractivity contribution >= 4 is 11.6 Å². The van der Waals surface area contributed by atoms with Crippen molar-refractivity contribution in [2.75, 3.05) is 6.61 Å². The fourth-order valence-corrected chi connectivity index (χ4v) is 2.32. The first kappa shape index (κ1) is 17.6. The third-order valence-electron chi connectivity index (χ3n) is 3.19. The van der Waals surface area contributed by atoms with Crippen molar-refractivity contribution < 1.29 is 13.9 Å². The SMILES string of the molecule is CC(C)C[C@@H](N)COc1cccc(F)c1Oc1ccc(Cl)cc1. The first-order chi connectivity index (χ1) is 11.0. The highest BCUT2D eigenvalue weighted by Crippen LogP contribution is 2.34. The lowest BCUT2D eigenvalue weighted by molar-refractivity contribution is 0.259. The summed E-state index contributed by atoms with van der Waals surface area (Å²) in [6.07, 6.45) is 0.836. The number of hydrogen-bond donors (Lipinski definition) is 1. The molecule has 23 heavy (non-hydrogen) atoms. The van der Waals surface area contributed by atoms with Gasteiger partial charge in [-0.3, -0.25) is 0 Å². The number of nitrogens with two attached hydrogens (primary N) is 1. The number of rotatable bonds is 7. The van der Waals surface area contributed by atoms with E-state index >= 15 is 0 Å². The van der Waals surface area contributed by atoms with Crippen molar-refractivity contribution in [2.45, 2.75) is 26.3 Å². The van der Waals surface area contributed by atoms with Crippen LogP contribution in [0.1, 0.15) is 20.3 Å². The average Bonchev–Trinajstić information content (AvgIpc) is 2.49. The van der Waals surface area contributed by atoms with Crippen LogP contribution in [0.15, 0.2) is 42.5 Å². The van der Waals surface area contributed by atoms with Gasteiger partial charge in [-0.15, -0.1) is 0 Å². The molecule has 0 aliphatic carbocycles. The Bertz CT molecular complexity index is 631. The van der Waals surface area contributed by atoms with E-state index in [1.807, 2.05) is 0 Å². The molecule has 3 nitrogen and oxygen atoms in total. The molecule has 0 amide bonds. The van der Waals surface area contributed by atoms with Gasteiger partial charge in [0.05, 0.1) is 0 Å². The number of benzene rings is 2. The molecule has 0 unspecified atom stereocenters. The Morgan fingerprint density at radius 2 is 1.83 bits per heavy atom. The monoisotopic (exact) mass is 337 g/mol. The number of halogens is 2. The van der Waals surface area contributed by atoms with E-state index < -0.39 is 5.82 Å². The van der Waals surface area contributed by atoms with Crippen molar-refractivity contribution in [1.82, 2.24) is 0 Å². The Kier molecular flexibility index (Phi) is 6.25. The Hall–Kier alpha value is -1.78. The van der Waals surface area contributed by atoms with Crippen LogP contribution in [0.3, 0.4) is 0 Å². The molecule has 0 radical (unpaired) electrons. The maximum absolute atomic E-state index is 14.1. The van der Waals surface area contributed by atoms with Crippen LogP contribution in [0.2, 0.25) is 5.02 Å². The Balaban J connectivity index is 2.11. The van der Waals surface area contributed by atoms with Crippen LogP contribution in [-0.4, -0.2) is 12.6 Å². The summed E-state index contributed by atoms with van der Waals surface area (Å²) in [6.45, 7) is 4.49. The molecule has 0 fully saturated rings. The normalized spacial score (nSPS) is 12.3. The maximum atomic E-state index is 14.1. The van der Waals surface area contributed by atoms with Gasteiger partial charge in [0.25, 0.3) is 0 Å². The molecule has 0 aliphatic heterocycles. The van der Waals surface area contributed by atoms with E-state index in [1.54, 1.807) is 36.4 Å². The predicted molar refractivity (Wildman–Crippen MR) is 90.9 cm³/mol. The zero-order valence-electron chi connectivity index (χ0n) is 13.3. The Morgan fingerprint density at radius 1 is 1.13 bits per heavy atom. The first-order valence-electron chi connectivity index (χ1n) is 7.56. The first-order valence-corrected chi connectivity index (χ1v) is 7.94. The lowest BCUT2D eigenvalue weighted by Crippen LogP contribution is -2.29. The smallest absolute Gasteiger partial charge is 0.204 e. The van der Waals surface area contributed by atoms with E-state index in [0.29, 0.717) is 29.0 Å². The second kappa shape index (κ2) is 8.18. The molecule has 5 heteroatoms. The largest absolute Gasteiger partial charge is 0.488 e. The van der Waals surface area contributed by atoms with Crippen LogP contribution in [-0.2, 0) is 0 Å². The van der Waals surface area contributed by atoms with Gasteiger partial charge in [-0.05, 0) is 48.7 Å². The number of para-hydroxylation sites is 1. The van der Waals surface area contributed by atoms with Crippen LogP contribution in [0.5, 0.6) is 17.2 Å². The van der Waals surface area contributed by atoms with Crippen molar-refractivity contribution in [3.63, 3.8) is 0 Å². The standard InChI is InChI=1S/C18H21ClFNO2/c1-12(2)10-14(21)11-22-17-5-3-4-16(20)18(17)23-15-8-6-13(19)7-9-15/h3-9,12,14H,10-11,21H2,1-2H3/t14-/m1/s1. The molecule has 2 N–H and O–H groups in total. The second-order valence-electron chi connectivity index (χ2n) is 5.82. The summed E-state index contributed by atoms with van der Waals surface area (Å²) in [5.74, 6) is 0.849. The summed E-state index contributed by atoms with van der Waals surface area (Å²) in [5, 5.41) is 0.585. The van der Waals surface area contributed by atoms with E-state index in [4.69, 9.17) is 26.8 Å². The molecule has 0 aromatic heterocycles. The van der Waals surface area contributed by atoms with Gasteiger partial charge in [0.2, 0.25) is 5.75 Å². The highest BCUT2D eigenvalue weighted by Gasteiger charge is 2.14. The molecule has 2 rings (SSSR count). The zero-order chi connectivity index (χ0) is 16.8. The average molecular weight is 338 g/mol. The lowest BCUT2D eigenvalue weighted by Gasteiger charge is -2.17. The second-order valence-corrected chi connectivity index (χ2v) is 6.26. The summed E-state index contributed by atoms with van der Waals surface area (Å²) in [4.78, 5) is 0. The van der Waals surface area contributed by atoms with Crippen LogP contribution < -0.4 is 15.2 Å². The molecule has 0 heterocycles. The van der Waals surface area contributed by atoms with Crippen molar-refractivity contribution in [3.8, 4) is 17.2 Å². The lowest BCUT2D eigenvalue weighted by atomic mass is 10.1. The molecule has 2 aromatic carbocycles. The molecule has 1 atom stereocenters. The molecular weight excluding hydrogens is 317 g/mol. The van der Waals surface area contributed by atoms with Gasteiger partial charge < -0.3 is 15.2 Å². The van der Waals surface area contributed by atoms with E-state index in [-0.39, 0.29) is 11.8 Å². The van der Waals surface area contributed by atoms with Gasteiger partial charge in [0, 0.05) is 11.1 Å². The zero-order valence-corrected chi connectivity index (χ0v) is 14.0. The van der Waals surface area contributed by atoms with E-state index in [9.17, 15) is 4.39 Å². The Labute approximate surface area is 141 Å². The van der Waals surface area contributed by atoms with Crippen molar-refractivity contribution in [3.05, 3.63) is 53.3 Å². The molecule has 0 aliphatic rings. The van der Waals surface area contributed by atoms with Crippen LogP contribution in [0, 0.1) is 11.7 Å². The summed E-state index contributed by atoms with van der Waals surface area (Å²) in [7, 11) is 0. The Morgan fingerprint density at radius 3 is 2.48 bits per heavy atom. The van der Waals surface area contributed by atoms with Crippen LogP contribution >= 0.6 is 11.6 Å². The molecule has 124 valence electrons. The van der Waals surface area contributed by atoms with Gasteiger partial charge in [0.15, 0.2) is 11.6 Å². The van der Waals surface area contributed by atoms with E-state index in [2.05, 4.69) is 13.8 Å². The number of hydrogen-bond acceptors (Lipinski definition) is 3. The minimum atomic E-state index is -0.491. The summed E-state index contributed by atoms with van der Waals surface area (Å²) in [5.41, 5.74) is 6.01. The van der Waals surface area contributed by atoms with Crippen LogP contribution in [0.4, 0.5) is 4.39 Å². The summed E-state index contributed by atoms with van der Waals surface area (Å²) < 4.78 is 25.4. The third kappa shape index (κ3) is 5.41. The highest BCUT2D eigenvalue weighted by atomic mass is 35.5. The van der Waals surface area contributed by atoms with Gasteiger partial charge in [-0.25, -0.2) is 4.39 Å². The maximum Gasteiger partial charge on any atom is 0.204 e. The fourth-order valence-electron chi connectivity index (χ4n) is 2.19. The summed E-state index contributed by atoms with van der Waals surface area (Å²) in [6, 6.07) is 11.2. The van der Waals surface area contributed by atoms with Gasteiger partial charge in [0.1, 0.15) is 12.4 Å². The minimum Gasteiger partial charge on any atom is -0.488 e. The van der Waals surface area contributed by atoms with Gasteiger partial charge >= 0.3 is 0 Å². The van der Waals surface area contributed by atoms with Gasteiger partial charge in [-0.2, -0.15) is 0 Å². The molecule has 0 bridgehead atoms. The highest BCUT2D eigenvalue weighted by molar-refractivity contribution is 6.30. The molecule has 2 aromatic rings. The summed E-state index contributed by atoms with van der Waals surface area (Å²) >= 11 is 5.83. The molecule has 0 spiro atoms. The van der Waals surface area contributed by atoms with Crippen molar-refractivity contribution in [2.24, 2.45) is 11.7 Å². The topological polar surface area (TPSA) is 44.5 Å². The van der Waals surface area contributed by atoms with Gasteiger partial charge in [-0.1, -0.05) is 31.5 Å². The van der Waals surface area contributed by atoms with Crippen molar-refractivity contribution in [1.29, 1.82) is 0 Å². The predicted octanol–water partition coefficient (Wildman–Crippen LogP) is 5.02.